The molecule has 0 aliphatic rings. The van der Waals surface area contributed by atoms with Gasteiger partial charge < -0.3 is 0 Å². The second-order valence-electron chi connectivity index (χ2n) is 2.31. The molecule has 0 bridgehead atoms. The molecule has 0 aliphatic heterocycles. The molecule has 1 aromatic heterocycles. The third-order valence-electron chi connectivity index (χ3n) is 1.52. The summed E-state index contributed by atoms with van der Waals surface area (Å²) in [5.41, 5.74) is 2.33. The van der Waals surface area contributed by atoms with Crippen LogP contribution in [0, 0.1) is 0 Å². The highest BCUT2D eigenvalue weighted by Crippen LogP contribution is 2.04. The van der Waals surface area contributed by atoms with Gasteiger partial charge in [-0.3, -0.25) is 4.99 Å². The van der Waals surface area contributed by atoms with Gasteiger partial charge in [0.25, 0.3) is 0 Å². The van der Waals surface area contributed by atoms with E-state index < -0.39 is 0 Å². The number of aliphatic imine (C=N–C) groups is 1. The van der Waals surface area contributed by atoms with E-state index in [1.54, 1.807) is 0 Å². The minimum atomic E-state index is 0.720. The van der Waals surface area contributed by atoms with E-state index in [2.05, 4.69) is 26.5 Å². The molecule has 0 N–H and O–H groups in total. The Hall–Kier alpha value is -1.45. The van der Waals surface area contributed by atoms with E-state index in [0.29, 0.717) is 0 Å². The monoisotopic (exact) mass is 165 g/mol. The summed E-state index contributed by atoms with van der Waals surface area (Å²) in [6.45, 7) is 7.34. The Morgan fingerprint density at radius 3 is 3.00 bits per heavy atom. The van der Waals surface area contributed by atoms with E-state index in [4.69, 9.17) is 0 Å². The van der Waals surface area contributed by atoms with Crippen LogP contribution in [0.25, 0.3) is 0 Å². The molecule has 0 radical (unpaired) electrons. The van der Waals surface area contributed by atoms with Gasteiger partial charge in [0.1, 0.15) is 5.69 Å². The molecular formula is C8H11N3O. The molecule has 1 rings (SSSR count). The van der Waals surface area contributed by atoms with Gasteiger partial charge in [0.05, 0.1) is 5.71 Å². The lowest BCUT2D eigenvalue weighted by Crippen LogP contribution is -1.98. The lowest BCUT2D eigenvalue weighted by atomic mass is 10.2. The van der Waals surface area contributed by atoms with Gasteiger partial charge in [-0.05, 0) is 18.5 Å². The highest BCUT2D eigenvalue weighted by molar-refractivity contribution is 5.98. The molecule has 0 spiro atoms. The highest BCUT2D eigenvalue weighted by Gasteiger charge is 2.09. The van der Waals surface area contributed by atoms with Crippen LogP contribution in [0.15, 0.2) is 22.4 Å². The minimum Gasteiger partial charge on any atom is -0.260 e. The molecule has 1 heterocycles. The lowest BCUT2D eigenvalue weighted by Gasteiger charge is -1.92. The Balaban J connectivity index is 3.01. The van der Waals surface area contributed by atoms with E-state index in [0.717, 1.165) is 23.5 Å². The fraction of sp³-hybridized carbons (Fsp3) is 0.375. The summed E-state index contributed by atoms with van der Waals surface area (Å²) in [6.07, 6.45) is 2.27. The first-order chi connectivity index (χ1) is 5.79. The second-order valence-corrected chi connectivity index (χ2v) is 2.31. The third kappa shape index (κ3) is 1.58. The topological polar surface area (TPSA) is 51.3 Å². The SMILES string of the molecule is C=CN=C(C)c1nonc1CC. The maximum atomic E-state index is 4.59. The van der Waals surface area contributed by atoms with Gasteiger partial charge in [-0.15, -0.1) is 0 Å². The van der Waals surface area contributed by atoms with Gasteiger partial charge in [0, 0.05) is 6.20 Å². The van der Waals surface area contributed by atoms with Crippen LogP contribution in [0.5, 0.6) is 0 Å². The van der Waals surface area contributed by atoms with Crippen LogP contribution in [-0.2, 0) is 6.42 Å². The summed E-state index contributed by atoms with van der Waals surface area (Å²) in [5, 5.41) is 7.48. The van der Waals surface area contributed by atoms with Crippen LogP contribution >= 0.6 is 0 Å². The maximum Gasteiger partial charge on any atom is 0.152 e. The first-order valence-corrected chi connectivity index (χ1v) is 3.76. The van der Waals surface area contributed by atoms with Crippen molar-refractivity contribution in [2.75, 3.05) is 0 Å². The summed E-state index contributed by atoms with van der Waals surface area (Å²) in [4.78, 5) is 3.99. The molecule has 0 unspecified atom stereocenters. The zero-order chi connectivity index (χ0) is 8.97. The number of rotatable bonds is 3. The highest BCUT2D eigenvalue weighted by atomic mass is 16.6. The zero-order valence-corrected chi connectivity index (χ0v) is 7.24. The van der Waals surface area contributed by atoms with Gasteiger partial charge in [-0.1, -0.05) is 18.7 Å². The Labute approximate surface area is 71.0 Å². The normalized spacial score (nSPS) is 11.7. The van der Waals surface area contributed by atoms with Gasteiger partial charge >= 0.3 is 0 Å². The third-order valence-corrected chi connectivity index (χ3v) is 1.52. The van der Waals surface area contributed by atoms with Gasteiger partial charge in [0.2, 0.25) is 0 Å². The van der Waals surface area contributed by atoms with Crippen molar-refractivity contribution in [1.29, 1.82) is 0 Å². The molecule has 0 aliphatic carbocycles. The van der Waals surface area contributed by atoms with Gasteiger partial charge in [-0.2, -0.15) is 0 Å². The van der Waals surface area contributed by atoms with E-state index in [-0.39, 0.29) is 0 Å². The second kappa shape index (κ2) is 3.80. The van der Waals surface area contributed by atoms with Gasteiger partial charge in [0.15, 0.2) is 5.69 Å². The Bertz CT molecular complexity index is 301. The van der Waals surface area contributed by atoms with Crippen molar-refractivity contribution in [2.24, 2.45) is 4.99 Å². The molecule has 64 valence electrons. The number of hydrogen-bond donors (Lipinski definition) is 0. The van der Waals surface area contributed by atoms with Crippen molar-refractivity contribution < 1.29 is 4.63 Å². The summed E-state index contributed by atoms with van der Waals surface area (Å²) in [5.74, 6) is 0. The van der Waals surface area contributed by atoms with Crippen LogP contribution < -0.4 is 0 Å². The van der Waals surface area contributed by atoms with E-state index in [1.807, 2.05) is 13.8 Å². The average Bonchev–Trinajstić information content (AvgIpc) is 2.51. The molecule has 1 aromatic rings. The van der Waals surface area contributed by atoms with Gasteiger partial charge in [-0.25, -0.2) is 4.63 Å². The standard InChI is InChI=1S/C8H11N3O/c1-4-7-8(11-12-10-7)6(3)9-5-2/h5H,2,4H2,1,3H3. The summed E-state index contributed by atoms with van der Waals surface area (Å²) in [7, 11) is 0. The van der Waals surface area contributed by atoms with Crippen LogP contribution in [0.2, 0.25) is 0 Å². The maximum absolute atomic E-state index is 4.59. The summed E-state index contributed by atoms with van der Waals surface area (Å²) in [6, 6.07) is 0. The molecule has 12 heavy (non-hydrogen) atoms. The van der Waals surface area contributed by atoms with Crippen molar-refractivity contribution in [3.63, 3.8) is 0 Å². The van der Waals surface area contributed by atoms with Crippen molar-refractivity contribution in [2.45, 2.75) is 20.3 Å². The van der Waals surface area contributed by atoms with Crippen molar-refractivity contribution in [3.05, 3.63) is 24.2 Å². The fourth-order valence-corrected chi connectivity index (χ4v) is 0.911. The minimum absolute atomic E-state index is 0.720. The van der Waals surface area contributed by atoms with Crippen LogP contribution in [0.3, 0.4) is 0 Å². The van der Waals surface area contributed by atoms with Crippen LogP contribution in [0.1, 0.15) is 25.2 Å². The number of hydrogen-bond acceptors (Lipinski definition) is 4. The molecule has 0 amide bonds. The molecular weight excluding hydrogens is 154 g/mol. The van der Waals surface area contributed by atoms with Crippen molar-refractivity contribution in [3.8, 4) is 0 Å². The largest absolute Gasteiger partial charge is 0.260 e. The first-order valence-electron chi connectivity index (χ1n) is 3.76. The average molecular weight is 165 g/mol. The Kier molecular flexibility index (Phi) is 2.74. The lowest BCUT2D eigenvalue weighted by molar-refractivity contribution is 0.303. The molecule has 0 atom stereocenters. The van der Waals surface area contributed by atoms with Crippen LogP contribution in [-0.4, -0.2) is 16.0 Å². The van der Waals surface area contributed by atoms with Crippen molar-refractivity contribution in [1.82, 2.24) is 10.3 Å². The van der Waals surface area contributed by atoms with Crippen molar-refractivity contribution >= 4 is 5.71 Å². The molecule has 4 nitrogen and oxygen atoms in total. The predicted molar refractivity (Wildman–Crippen MR) is 46.1 cm³/mol. The molecule has 0 saturated carbocycles. The molecule has 0 saturated heterocycles. The predicted octanol–water partition coefficient (Wildman–Crippen LogP) is 1.58. The van der Waals surface area contributed by atoms with E-state index in [1.165, 1.54) is 6.20 Å². The smallest absolute Gasteiger partial charge is 0.152 e. The fourth-order valence-electron chi connectivity index (χ4n) is 0.911. The summed E-state index contributed by atoms with van der Waals surface area (Å²) < 4.78 is 4.59. The Morgan fingerprint density at radius 2 is 2.42 bits per heavy atom. The van der Waals surface area contributed by atoms with E-state index in [9.17, 15) is 0 Å². The molecule has 0 fully saturated rings. The zero-order valence-electron chi connectivity index (χ0n) is 7.24. The first kappa shape index (κ1) is 8.64. The number of nitrogens with zero attached hydrogens (tertiary/aromatic N) is 3. The van der Waals surface area contributed by atoms with Crippen LogP contribution in [0.4, 0.5) is 0 Å². The number of aryl methyl sites for hydroxylation is 1. The molecule has 0 aromatic carbocycles. The van der Waals surface area contributed by atoms with E-state index >= 15 is 0 Å². The number of aromatic nitrogens is 2. The molecule has 4 heteroatoms. The quantitative estimate of drug-likeness (QED) is 0.639. The Morgan fingerprint density at radius 1 is 1.67 bits per heavy atom. The summed E-state index contributed by atoms with van der Waals surface area (Å²) >= 11 is 0.